The molecule has 0 unspecified atom stereocenters. The lowest BCUT2D eigenvalue weighted by Crippen LogP contribution is -2.26. The normalized spacial score (nSPS) is 11.2. The summed E-state index contributed by atoms with van der Waals surface area (Å²) in [5, 5.41) is 0. The SMILES string of the molecule is CN(C)CCCCNS(=O)(=O)c1ccccc1C#CCN. The zero-order valence-electron chi connectivity index (χ0n) is 12.6. The highest BCUT2D eigenvalue weighted by atomic mass is 32.2. The Morgan fingerprint density at radius 3 is 2.62 bits per heavy atom. The van der Waals surface area contributed by atoms with Gasteiger partial charge in [-0.2, -0.15) is 0 Å². The molecule has 21 heavy (non-hydrogen) atoms. The first kappa shape index (κ1) is 17.7. The molecule has 6 heteroatoms. The number of benzene rings is 1. The van der Waals surface area contributed by atoms with Gasteiger partial charge in [0, 0.05) is 12.1 Å². The predicted octanol–water partition coefficient (Wildman–Crippen LogP) is 0.617. The van der Waals surface area contributed by atoms with Gasteiger partial charge in [0.05, 0.1) is 11.4 Å². The average Bonchev–Trinajstić information content (AvgIpc) is 2.44. The predicted molar refractivity (Wildman–Crippen MR) is 85.4 cm³/mol. The number of nitrogens with one attached hydrogen (secondary N) is 1. The standard InChI is InChI=1S/C15H23N3O2S/c1-18(2)13-6-5-12-17-21(19,20)15-10-4-3-8-14(15)9-7-11-16/h3-4,8,10,17H,5-6,11-13,16H2,1-2H3. The molecule has 1 rings (SSSR count). The highest BCUT2D eigenvalue weighted by molar-refractivity contribution is 7.89. The van der Waals surface area contributed by atoms with Crippen molar-refractivity contribution in [1.29, 1.82) is 0 Å². The molecule has 1 aromatic rings. The van der Waals surface area contributed by atoms with Gasteiger partial charge in [-0.25, -0.2) is 13.1 Å². The summed E-state index contributed by atoms with van der Waals surface area (Å²) in [6, 6.07) is 6.69. The first-order chi connectivity index (χ1) is 9.97. The van der Waals surface area contributed by atoms with Gasteiger partial charge in [-0.1, -0.05) is 24.0 Å². The summed E-state index contributed by atoms with van der Waals surface area (Å²) in [5.74, 6) is 5.48. The van der Waals surface area contributed by atoms with Gasteiger partial charge in [-0.3, -0.25) is 0 Å². The van der Waals surface area contributed by atoms with Gasteiger partial charge in [0.2, 0.25) is 10.0 Å². The Morgan fingerprint density at radius 1 is 1.24 bits per heavy atom. The van der Waals surface area contributed by atoms with Crippen LogP contribution in [-0.4, -0.2) is 47.0 Å². The second kappa shape index (κ2) is 8.80. The summed E-state index contributed by atoms with van der Waals surface area (Å²) in [5.41, 5.74) is 5.81. The molecule has 0 aliphatic rings. The maximum Gasteiger partial charge on any atom is 0.241 e. The maximum atomic E-state index is 12.3. The van der Waals surface area contributed by atoms with Crippen LogP contribution in [0, 0.1) is 11.8 Å². The van der Waals surface area contributed by atoms with Crippen molar-refractivity contribution in [3.8, 4) is 11.8 Å². The highest BCUT2D eigenvalue weighted by Crippen LogP contribution is 2.14. The molecule has 116 valence electrons. The fraction of sp³-hybridized carbons (Fsp3) is 0.467. The first-order valence-electron chi connectivity index (χ1n) is 6.89. The Bertz CT molecular complexity index is 601. The third-order valence-electron chi connectivity index (χ3n) is 2.83. The van der Waals surface area contributed by atoms with E-state index in [0.717, 1.165) is 19.4 Å². The smallest absolute Gasteiger partial charge is 0.241 e. The van der Waals surface area contributed by atoms with Gasteiger partial charge in [0.1, 0.15) is 0 Å². The lowest BCUT2D eigenvalue weighted by molar-refractivity contribution is 0.394. The van der Waals surface area contributed by atoms with Crippen LogP contribution in [-0.2, 0) is 10.0 Å². The number of hydrogen-bond acceptors (Lipinski definition) is 4. The molecule has 0 saturated carbocycles. The Balaban J connectivity index is 2.70. The molecular weight excluding hydrogens is 286 g/mol. The van der Waals surface area contributed by atoms with Crippen LogP contribution in [0.2, 0.25) is 0 Å². The van der Waals surface area contributed by atoms with Gasteiger partial charge in [0.25, 0.3) is 0 Å². The molecule has 3 N–H and O–H groups in total. The third kappa shape index (κ3) is 6.27. The van der Waals surface area contributed by atoms with E-state index in [1.54, 1.807) is 24.3 Å². The van der Waals surface area contributed by atoms with Crippen molar-refractivity contribution in [2.75, 3.05) is 33.7 Å². The average molecular weight is 309 g/mol. The zero-order valence-corrected chi connectivity index (χ0v) is 13.4. The summed E-state index contributed by atoms with van der Waals surface area (Å²) in [4.78, 5) is 2.28. The lowest BCUT2D eigenvalue weighted by atomic mass is 10.2. The van der Waals surface area contributed by atoms with Crippen molar-refractivity contribution in [1.82, 2.24) is 9.62 Å². The maximum absolute atomic E-state index is 12.3. The zero-order chi connectivity index (χ0) is 15.7. The molecule has 0 bridgehead atoms. The number of hydrogen-bond donors (Lipinski definition) is 2. The van der Waals surface area contributed by atoms with Crippen molar-refractivity contribution in [3.63, 3.8) is 0 Å². The number of sulfonamides is 1. The molecule has 0 fully saturated rings. The van der Waals surface area contributed by atoms with Crippen molar-refractivity contribution in [2.45, 2.75) is 17.7 Å². The molecule has 0 amide bonds. The van der Waals surface area contributed by atoms with Crippen LogP contribution in [0.15, 0.2) is 29.2 Å². The van der Waals surface area contributed by atoms with E-state index >= 15 is 0 Å². The fourth-order valence-electron chi connectivity index (χ4n) is 1.79. The molecule has 0 atom stereocenters. The van der Waals surface area contributed by atoms with E-state index in [-0.39, 0.29) is 11.4 Å². The molecule has 0 spiro atoms. The first-order valence-corrected chi connectivity index (χ1v) is 8.38. The molecule has 0 radical (unpaired) electrons. The van der Waals surface area contributed by atoms with E-state index in [4.69, 9.17) is 5.73 Å². The van der Waals surface area contributed by atoms with E-state index < -0.39 is 10.0 Å². The molecule has 1 aromatic carbocycles. The fourth-order valence-corrected chi connectivity index (χ4v) is 3.02. The molecule has 0 aromatic heterocycles. The van der Waals surface area contributed by atoms with Gasteiger partial charge in [-0.05, 0) is 45.6 Å². The number of rotatable bonds is 7. The van der Waals surface area contributed by atoms with Crippen LogP contribution < -0.4 is 10.5 Å². The minimum absolute atomic E-state index is 0.201. The molecule has 0 saturated heterocycles. The van der Waals surface area contributed by atoms with Crippen molar-refractivity contribution in [2.24, 2.45) is 5.73 Å². The monoisotopic (exact) mass is 309 g/mol. The van der Waals surface area contributed by atoms with Crippen LogP contribution >= 0.6 is 0 Å². The minimum atomic E-state index is -3.53. The summed E-state index contributed by atoms with van der Waals surface area (Å²) < 4.78 is 27.2. The van der Waals surface area contributed by atoms with Crippen LogP contribution in [0.3, 0.4) is 0 Å². The second-order valence-electron chi connectivity index (χ2n) is 4.91. The van der Waals surface area contributed by atoms with Crippen molar-refractivity contribution >= 4 is 10.0 Å². The van der Waals surface area contributed by atoms with Gasteiger partial charge >= 0.3 is 0 Å². The molecule has 0 heterocycles. The Morgan fingerprint density at radius 2 is 1.95 bits per heavy atom. The van der Waals surface area contributed by atoms with E-state index in [2.05, 4.69) is 21.5 Å². The van der Waals surface area contributed by atoms with Gasteiger partial charge in [0.15, 0.2) is 0 Å². The lowest BCUT2D eigenvalue weighted by Gasteiger charge is -2.10. The van der Waals surface area contributed by atoms with Crippen LogP contribution in [0.25, 0.3) is 0 Å². The van der Waals surface area contributed by atoms with Crippen LogP contribution in [0.4, 0.5) is 0 Å². The number of nitrogens with zero attached hydrogens (tertiary/aromatic N) is 1. The summed E-state index contributed by atoms with van der Waals surface area (Å²) >= 11 is 0. The van der Waals surface area contributed by atoms with Crippen LogP contribution in [0.1, 0.15) is 18.4 Å². The van der Waals surface area contributed by atoms with E-state index in [9.17, 15) is 8.42 Å². The van der Waals surface area contributed by atoms with Gasteiger partial charge < -0.3 is 10.6 Å². The number of nitrogens with two attached hydrogens (primary N) is 1. The topological polar surface area (TPSA) is 75.4 Å². The van der Waals surface area contributed by atoms with E-state index in [0.29, 0.717) is 12.1 Å². The third-order valence-corrected chi connectivity index (χ3v) is 4.35. The van der Waals surface area contributed by atoms with Crippen LogP contribution in [0.5, 0.6) is 0 Å². The minimum Gasteiger partial charge on any atom is -0.320 e. The molecule has 0 aliphatic heterocycles. The van der Waals surface area contributed by atoms with Crippen molar-refractivity contribution < 1.29 is 8.42 Å². The summed E-state index contributed by atoms with van der Waals surface area (Å²) in [7, 11) is 0.464. The van der Waals surface area contributed by atoms with E-state index in [1.165, 1.54) is 0 Å². The summed E-state index contributed by atoms with van der Waals surface area (Å²) in [6.45, 7) is 1.57. The second-order valence-corrected chi connectivity index (χ2v) is 6.65. The Hall–Kier alpha value is -1.39. The largest absolute Gasteiger partial charge is 0.320 e. The van der Waals surface area contributed by atoms with E-state index in [1.807, 2.05) is 14.1 Å². The molecular formula is C15H23N3O2S. The molecule has 0 aliphatic carbocycles. The summed E-state index contributed by atoms with van der Waals surface area (Å²) in [6.07, 6.45) is 1.75. The van der Waals surface area contributed by atoms with Gasteiger partial charge in [-0.15, -0.1) is 0 Å². The quantitative estimate of drug-likeness (QED) is 0.572. The number of unbranched alkanes of at least 4 members (excludes halogenated alkanes) is 1. The highest BCUT2D eigenvalue weighted by Gasteiger charge is 2.16. The Labute approximate surface area is 127 Å². The van der Waals surface area contributed by atoms with Crippen molar-refractivity contribution in [3.05, 3.63) is 29.8 Å². The molecule has 5 nitrogen and oxygen atoms in total. The Kier molecular flexibility index (Phi) is 7.40.